The van der Waals surface area contributed by atoms with Gasteiger partial charge in [-0.3, -0.25) is 19.5 Å². The highest BCUT2D eigenvalue weighted by atomic mass is 35.5. The fourth-order valence-electron chi connectivity index (χ4n) is 2.87. The van der Waals surface area contributed by atoms with E-state index in [0.717, 1.165) is 21.0 Å². The Kier molecular flexibility index (Phi) is 4.96. The van der Waals surface area contributed by atoms with Crippen LogP contribution in [0.2, 0.25) is 5.02 Å². The molecule has 0 aliphatic carbocycles. The molecule has 0 spiro atoms. The predicted molar refractivity (Wildman–Crippen MR) is 112 cm³/mol. The van der Waals surface area contributed by atoms with Gasteiger partial charge >= 0.3 is 0 Å². The van der Waals surface area contributed by atoms with Crippen molar-refractivity contribution in [2.24, 2.45) is 0 Å². The van der Waals surface area contributed by atoms with Gasteiger partial charge in [0, 0.05) is 15.5 Å². The van der Waals surface area contributed by atoms with E-state index in [1.54, 1.807) is 19.1 Å². The van der Waals surface area contributed by atoms with E-state index in [2.05, 4.69) is 20.5 Å². The molecule has 4 aromatic rings. The zero-order valence-electron chi connectivity index (χ0n) is 14.9. The molecule has 0 saturated carbocycles. The van der Waals surface area contributed by atoms with Crippen LogP contribution >= 0.6 is 34.3 Å². The van der Waals surface area contributed by atoms with Gasteiger partial charge in [0.05, 0.1) is 11.7 Å². The van der Waals surface area contributed by atoms with E-state index in [0.29, 0.717) is 20.4 Å². The van der Waals surface area contributed by atoms with Crippen molar-refractivity contribution in [2.45, 2.75) is 20.4 Å². The highest BCUT2D eigenvalue weighted by Gasteiger charge is 2.18. The standard InChI is InChI=1S/C18H14ClN5O2S2/c1-9-14(11-3-5-12(19)6-4-11)15-16(27-9)20-8-24(17(15)26)7-13(25)21-18-23-22-10(2)28-18/h3-6,8H,7H2,1-2H3,(H,21,23,25). The average molecular weight is 432 g/mol. The van der Waals surface area contributed by atoms with Crippen LogP contribution < -0.4 is 10.9 Å². The first kappa shape index (κ1) is 18.7. The summed E-state index contributed by atoms with van der Waals surface area (Å²) in [4.78, 5) is 31.4. The van der Waals surface area contributed by atoms with Crippen LogP contribution in [0.4, 0.5) is 5.13 Å². The van der Waals surface area contributed by atoms with Gasteiger partial charge in [-0.05, 0) is 31.5 Å². The quantitative estimate of drug-likeness (QED) is 0.529. The lowest BCUT2D eigenvalue weighted by molar-refractivity contribution is -0.116. The topological polar surface area (TPSA) is 89.8 Å². The first-order valence-corrected chi connectivity index (χ1v) is 10.3. The summed E-state index contributed by atoms with van der Waals surface area (Å²) >= 11 is 8.71. The molecule has 4 rings (SSSR count). The summed E-state index contributed by atoms with van der Waals surface area (Å²) in [6, 6.07) is 7.31. The maximum absolute atomic E-state index is 13.1. The molecule has 0 aliphatic heterocycles. The number of fused-ring (bicyclic) bond motifs is 1. The molecule has 0 bridgehead atoms. The summed E-state index contributed by atoms with van der Waals surface area (Å²) in [6.45, 7) is 3.59. The van der Waals surface area contributed by atoms with Crippen LogP contribution in [0.3, 0.4) is 0 Å². The summed E-state index contributed by atoms with van der Waals surface area (Å²) in [5, 5.41) is 12.6. The molecular weight excluding hydrogens is 418 g/mol. The summed E-state index contributed by atoms with van der Waals surface area (Å²) in [7, 11) is 0. The van der Waals surface area contributed by atoms with Gasteiger partial charge in [-0.1, -0.05) is 35.1 Å². The maximum Gasteiger partial charge on any atom is 0.263 e. The molecule has 1 amide bonds. The first-order valence-electron chi connectivity index (χ1n) is 8.27. The van der Waals surface area contributed by atoms with Crippen LogP contribution in [0.25, 0.3) is 21.3 Å². The molecule has 0 aliphatic rings. The van der Waals surface area contributed by atoms with E-state index in [1.807, 2.05) is 19.1 Å². The highest BCUT2D eigenvalue weighted by Crippen LogP contribution is 2.35. The molecule has 0 fully saturated rings. The second kappa shape index (κ2) is 7.42. The number of anilines is 1. The van der Waals surface area contributed by atoms with E-state index in [9.17, 15) is 9.59 Å². The number of halogens is 1. The minimum absolute atomic E-state index is 0.157. The van der Waals surface area contributed by atoms with Gasteiger partial charge in [0.1, 0.15) is 16.4 Å². The van der Waals surface area contributed by atoms with E-state index in [-0.39, 0.29) is 18.0 Å². The van der Waals surface area contributed by atoms with Crippen molar-refractivity contribution >= 4 is 55.5 Å². The maximum atomic E-state index is 13.1. The fraction of sp³-hybridized carbons (Fsp3) is 0.167. The zero-order valence-corrected chi connectivity index (χ0v) is 17.3. The number of hydrogen-bond acceptors (Lipinski definition) is 7. The van der Waals surface area contributed by atoms with Crippen molar-refractivity contribution < 1.29 is 4.79 Å². The molecule has 10 heteroatoms. The lowest BCUT2D eigenvalue weighted by Gasteiger charge is -2.06. The molecule has 3 aromatic heterocycles. The molecule has 0 unspecified atom stereocenters. The minimum Gasteiger partial charge on any atom is -0.299 e. The Morgan fingerprint density at radius 2 is 1.93 bits per heavy atom. The lowest BCUT2D eigenvalue weighted by atomic mass is 10.0. The number of carbonyl (C=O) groups is 1. The van der Waals surface area contributed by atoms with E-state index < -0.39 is 0 Å². The van der Waals surface area contributed by atoms with Crippen LogP contribution in [0.15, 0.2) is 35.4 Å². The molecule has 28 heavy (non-hydrogen) atoms. The molecule has 0 atom stereocenters. The van der Waals surface area contributed by atoms with Crippen molar-refractivity contribution in [2.75, 3.05) is 5.32 Å². The van der Waals surface area contributed by atoms with Gasteiger partial charge in [-0.25, -0.2) is 4.98 Å². The molecule has 0 saturated heterocycles. The first-order chi connectivity index (χ1) is 13.4. The van der Waals surface area contributed by atoms with Crippen molar-refractivity contribution in [1.29, 1.82) is 0 Å². The summed E-state index contributed by atoms with van der Waals surface area (Å²) < 4.78 is 1.30. The Labute approximate surface area is 172 Å². The number of amides is 1. The van der Waals surface area contributed by atoms with Gasteiger partial charge in [-0.15, -0.1) is 21.5 Å². The van der Waals surface area contributed by atoms with Crippen LogP contribution in [-0.4, -0.2) is 25.7 Å². The van der Waals surface area contributed by atoms with Crippen LogP contribution in [0.1, 0.15) is 9.88 Å². The normalized spacial score (nSPS) is 11.1. The second-order valence-corrected chi connectivity index (χ2v) is 8.89. The van der Waals surface area contributed by atoms with Crippen molar-refractivity contribution in [1.82, 2.24) is 19.7 Å². The third-order valence-electron chi connectivity index (χ3n) is 4.07. The Morgan fingerprint density at radius 3 is 2.61 bits per heavy atom. The van der Waals surface area contributed by atoms with Gasteiger partial charge in [-0.2, -0.15) is 0 Å². The predicted octanol–water partition coefficient (Wildman–Crippen LogP) is 3.89. The van der Waals surface area contributed by atoms with Gasteiger partial charge < -0.3 is 0 Å². The van der Waals surface area contributed by atoms with Crippen molar-refractivity contribution in [3.63, 3.8) is 0 Å². The number of hydrogen-bond donors (Lipinski definition) is 1. The van der Waals surface area contributed by atoms with E-state index in [4.69, 9.17) is 11.6 Å². The summed E-state index contributed by atoms with van der Waals surface area (Å²) in [6.07, 6.45) is 1.40. The number of aryl methyl sites for hydroxylation is 2. The lowest BCUT2D eigenvalue weighted by Crippen LogP contribution is -2.27. The monoisotopic (exact) mass is 431 g/mol. The Morgan fingerprint density at radius 1 is 1.18 bits per heavy atom. The number of benzene rings is 1. The number of carbonyl (C=O) groups excluding carboxylic acids is 1. The summed E-state index contributed by atoms with van der Waals surface area (Å²) in [5.74, 6) is -0.362. The second-order valence-electron chi connectivity index (χ2n) is 6.07. The van der Waals surface area contributed by atoms with Gasteiger partial charge in [0.15, 0.2) is 0 Å². The summed E-state index contributed by atoms with van der Waals surface area (Å²) in [5.41, 5.74) is 1.45. The largest absolute Gasteiger partial charge is 0.299 e. The number of aromatic nitrogens is 4. The highest BCUT2D eigenvalue weighted by molar-refractivity contribution is 7.19. The third-order valence-corrected chi connectivity index (χ3v) is 6.09. The molecule has 1 aromatic carbocycles. The fourth-order valence-corrected chi connectivity index (χ4v) is 4.61. The Hall–Kier alpha value is -2.62. The molecule has 142 valence electrons. The molecule has 1 N–H and O–H groups in total. The number of rotatable bonds is 4. The minimum atomic E-state index is -0.362. The van der Waals surface area contributed by atoms with Crippen LogP contribution in [0.5, 0.6) is 0 Å². The number of thiophene rings is 1. The molecule has 3 heterocycles. The smallest absolute Gasteiger partial charge is 0.263 e. The van der Waals surface area contributed by atoms with Gasteiger partial charge in [0.25, 0.3) is 5.56 Å². The molecule has 7 nitrogen and oxygen atoms in total. The molecule has 0 radical (unpaired) electrons. The van der Waals surface area contributed by atoms with Crippen molar-refractivity contribution in [3.8, 4) is 11.1 Å². The van der Waals surface area contributed by atoms with Crippen LogP contribution in [-0.2, 0) is 11.3 Å². The SMILES string of the molecule is Cc1nnc(NC(=O)Cn2cnc3sc(C)c(-c4ccc(Cl)cc4)c3c2=O)s1. The van der Waals surface area contributed by atoms with Crippen molar-refractivity contribution in [3.05, 3.63) is 55.9 Å². The average Bonchev–Trinajstić information content (AvgIpc) is 3.21. The van der Waals surface area contributed by atoms with Crippen LogP contribution in [0, 0.1) is 13.8 Å². The number of nitrogens with one attached hydrogen (secondary N) is 1. The number of nitrogens with zero attached hydrogens (tertiary/aromatic N) is 4. The Balaban J connectivity index is 1.72. The third kappa shape index (κ3) is 3.56. The molecular formula is C18H14ClN5O2S2. The van der Waals surface area contributed by atoms with Gasteiger partial charge in [0.2, 0.25) is 11.0 Å². The Bertz CT molecular complexity index is 1240. The zero-order chi connectivity index (χ0) is 19.8. The van der Waals surface area contributed by atoms with E-state index >= 15 is 0 Å². The van der Waals surface area contributed by atoms with E-state index in [1.165, 1.54) is 33.6 Å².